The predicted octanol–water partition coefficient (Wildman–Crippen LogP) is 4.28. The highest BCUT2D eigenvalue weighted by Crippen LogP contribution is 2.21. The van der Waals surface area contributed by atoms with Gasteiger partial charge in [-0.15, -0.1) is 6.58 Å². The van der Waals surface area contributed by atoms with E-state index in [0.29, 0.717) is 27.6 Å². The van der Waals surface area contributed by atoms with Gasteiger partial charge in [-0.1, -0.05) is 41.6 Å². The third kappa shape index (κ3) is 4.59. The maximum atomic E-state index is 12.7. The van der Waals surface area contributed by atoms with Crippen LogP contribution in [0.3, 0.4) is 0 Å². The summed E-state index contributed by atoms with van der Waals surface area (Å²) in [5, 5.41) is 4.29. The summed E-state index contributed by atoms with van der Waals surface area (Å²) in [5.74, 6) is -0.0416. The van der Waals surface area contributed by atoms with E-state index < -0.39 is 0 Å². The van der Waals surface area contributed by atoms with Crippen molar-refractivity contribution in [1.82, 2.24) is 9.55 Å². The van der Waals surface area contributed by atoms with Gasteiger partial charge in [0.15, 0.2) is 5.16 Å². The van der Waals surface area contributed by atoms with E-state index in [-0.39, 0.29) is 17.2 Å². The van der Waals surface area contributed by atoms with Crippen LogP contribution in [0, 0.1) is 6.92 Å². The quantitative estimate of drug-likeness (QED) is 0.382. The van der Waals surface area contributed by atoms with Crippen LogP contribution in [0.25, 0.3) is 10.9 Å². The minimum atomic E-state index is -0.182. The molecular formula is C20H18ClN3O2S. The van der Waals surface area contributed by atoms with Crippen molar-refractivity contribution in [3.8, 4) is 0 Å². The Hall–Kier alpha value is -2.57. The zero-order valence-electron chi connectivity index (χ0n) is 14.7. The number of carbonyl (C=O) groups excluding carboxylic acids is 1. The molecule has 3 rings (SSSR count). The van der Waals surface area contributed by atoms with Gasteiger partial charge in [0.2, 0.25) is 5.91 Å². The van der Waals surface area contributed by atoms with Crippen LogP contribution < -0.4 is 10.9 Å². The van der Waals surface area contributed by atoms with E-state index in [0.717, 1.165) is 11.3 Å². The first-order valence-corrected chi connectivity index (χ1v) is 9.64. The second-order valence-electron chi connectivity index (χ2n) is 5.97. The molecule has 27 heavy (non-hydrogen) atoms. The van der Waals surface area contributed by atoms with Gasteiger partial charge in [-0.25, -0.2) is 4.98 Å². The lowest BCUT2D eigenvalue weighted by Crippen LogP contribution is -2.23. The number of benzene rings is 2. The molecule has 0 aliphatic rings. The molecular weight excluding hydrogens is 382 g/mol. The second kappa shape index (κ2) is 8.41. The summed E-state index contributed by atoms with van der Waals surface area (Å²) in [6.45, 7) is 5.97. The molecule has 2 aromatic carbocycles. The van der Waals surface area contributed by atoms with Crippen LogP contribution in [0.1, 0.15) is 5.56 Å². The molecule has 7 heteroatoms. The number of aryl methyl sites for hydroxylation is 1. The molecule has 1 amide bonds. The highest BCUT2D eigenvalue weighted by Gasteiger charge is 2.13. The Kier molecular flexibility index (Phi) is 5.98. The zero-order valence-corrected chi connectivity index (χ0v) is 16.3. The van der Waals surface area contributed by atoms with E-state index in [1.807, 2.05) is 31.2 Å². The highest BCUT2D eigenvalue weighted by atomic mass is 35.5. The van der Waals surface area contributed by atoms with Gasteiger partial charge in [0.05, 0.1) is 16.7 Å². The standard InChI is InChI=1S/C20H18ClN3O2S/c1-3-9-24-19(26)16-8-7-14(21)11-17(16)23-20(24)27-12-18(25)22-15-6-4-5-13(2)10-15/h3-8,10-11H,1,9,12H2,2H3,(H,22,25). The lowest BCUT2D eigenvalue weighted by Gasteiger charge is -2.12. The topological polar surface area (TPSA) is 64.0 Å². The number of amides is 1. The molecule has 1 aromatic heterocycles. The average molecular weight is 400 g/mol. The van der Waals surface area contributed by atoms with Crippen molar-refractivity contribution in [2.24, 2.45) is 0 Å². The Morgan fingerprint density at radius 2 is 2.15 bits per heavy atom. The van der Waals surface area contributed by atoms with Crippen molar-refractivity contribution in [2.45, 2.75) is 18.6 Å². The second-order valence-corrected chi connectivity index (χ2v) is 7.35. The van der Waals surface area contributed by atoms with Gasteiger partial charge in [-0.2, -0.15) is 0 Å². The summed E-state index contributed by atoms with van der Waals surface area (Å²) < 4.78 is 1.51. The van der Waals surface area contributed by atoms with Gasteiger partial charge in [-0.05, 0) is 42.8 Å². The number of halogens is 1. The van der Waals surface area contributed by atoms with Crippen molar-refractivity contribution >= 4 is 45.9 Å². The fourth-order valence-corrected chi connectivity index (χ4v) is 3.60. The van der Waals surface area contributed by atoms with E-state index >= 15 is 0 Å². The molecule has 0 bridgehead atoms. The number of carbonyl (C=O) groups is 1. The van der Waals surface area contributed by atoms with Gasteiger partial charge >= 0.3 is 0 Å². The Labute approximate surface area is 166 Å². The molecule has 0 radical (unpaired) electrons. The Morgan fingerprint density at radius 3 is 2.89 bits per heavy atom. The molecule has 0 aliphatic heterocycles. The molecule has 0 fully saturated rings. The summed E-state index contributed by atoms with van der Waals surface area (Å²) in [5.41, 5.74) is 2.13. The van der Waals surface area contributed by atoms with E-state index in [4.69, 9.17) is 11.6 Å². The van der Waals surface area contributed by atoms with Crippen LogP contribution in [0.4, 0.5) is 5.69 Å². The zero-order chi connectivity index (χ0) is 19.4. The predicted molar refractivity (Wildman–Crippen MR) is 112 cm³/mol. The van der Waals surface area contributed by atoms with Crippen LogP contribution in [0.2, 0.25) is 5.02 Å². The van der Waals surface area contributed by atoms with Crippen LogP contribution in [0.5, 0.6) is 0 Å². The van der Waals surface area contributed by atoms with Crippen LogP contribution in [0.15, 0.2) is 65.1 Å². The largest absolute Gasteiger partial charge is 0.325 e. The Balaban J connectivity index is 1.84. The molecule has 138 valence electrons. The average Bonchev–Trinajstić information content (AvgIpc) is 2.62. The van der Waals surface area contributed by atoms with Crippen LogP contribution in [-0.4, -0.2) is 21.2 Å². The maximum Gasteiger partial charge on any atom is 0.262 e. The minimum Gasteiger partial charge on any atom is -0.325 e. The molecule has 0 unspecified atom stereocenters. The number of hydrogen-bond acceptors (Lipinski definition) is 4. The lowest BCUT2D eigenvalue weighted by atomic mass is 10.2. The van der Waals surface area contributed by atoms with Crippen molar-refractivity contribution < 1.29 is 4.79 Å². The summed E-state index contributed by atoms with van der Waals surface area (Å²) in [7, 11) is 0. The molecule has 0 saturated carbocycles. The number of rotatable bonds is 6. The lowest BCUT2D eigenvalue weighted by molar-refractivity contribution is -0.113. The molecule has 0 atom stereocenters. The molecule has 0 saturated heterocycles. The van der Waals surface area contributed by atoms with Crippen molar-refractivity contribution in [3.63, 3.8) is 0 Å². The van der Waals surface area contributed by atoms with Crippen molar-refractivity contribution in [1.29, 1.82) is 0 Å². The summed E-state index contributed by atoms with van der Waals surface area (Å²) in [6, 6.07) is 12.5. The van der Waals surface area contributed by atoms with E-state index in [2.05, 4.69) is 16.9 Å². The molecule has 1 heterocycles. The molecule has 0 spiro atoms. The summed E-state index contributed by atoms with van der Waals surface area (Å²) in [4.78, 5) is 29.5. The Morgan fingerprint density at radius 1 is 1.33 bits per heavy atom. The number of allylic oxidation sites excluding steroid dienone is 1. The SMILES string of the molecule is C=CCn1c(SCC(=O)Nc2cccc(C)c2)nc2cc(Cl)ccc2c1=O. The van der Waals surface area contributed by atoms with Gasteiger partial charge in [0.1, 0.15) is 0 Å². The fraction of sp³-hybridized carbons (Fsp3) is 0.150. The smallest absolute Gasteiger partial charge is 0.262 e. The third-order valence-corrected chi connectivity index (χ3v) is 5.04. The number of thioether (sulfide) groups is 1. The Bertz CT molecular complexity index is 1080. The summed E-state index contributed by atoms with van der Waals surface area (Å²) >= 11 is 7.22. The number of fused-ring (bicyclic) bond motifs is 1. The van der Waals surface area contributed by atoms with Crippen molar-refractivity contribution in [3.05, 3.63) is 76.1 Å². The number of nitrogens with zero attached hydrogens (tertiary/aromatic N) is 2. The summed E-state index contributed by atoms with van der Waals surface area (Å²) in [6.07, 6.45) is 1.63. The first-order valence-electron chi connectivity index (χ1n) is 8.28. The van der Waals surface area contributed by atoms with Gasteiger partial charge in [-0.3, -0.25) is 14.2 Å². The first-order chi connectivity index (χ1) is 13.0. The van der Waals surface area contributed by atoms with Crippen LogP contribution in [-0.2, 0) is 11.3 Å². The van der Waals surface area contributed by atoms with Gasteiger partial charge in [0.25, 0.3) is 5.56 Å². The number of anilines is 1. The molecule has 1 N–H and O–H groups in total. The van der Waals surface area contributed by atoms with Crippen LogP contribution >= 0.6 is 23.4 Å². The molecule has 0 aliphatic carbocycles. The third-order valence-electron chi connectivity index (χ3n) is 3.83. The van der Waals surface area contributed by atoms with E-state index in [1.54, 1.807) is 24.3 Å². The maximum absolute atomic E-state index is 12.7. The minimum absolute atomic E-state index is 0.129. The monoisotopic (exact) mass is 399 g/mol. The van der Waals surface area contributed by atoms with Gasteiger partial charge < -0.3 is 5.32 Å². The first kappa shape index (κ1) is 19.2. The van der Waals surface area contributed by atoms with Crippen molar-refractivity contribution in [2.75, 3.05) is 11.1 Å². The number of hydrogen-bond donors (Lipinski definition) is 1. The molecule has 5 nitrogen and oxygen atoms in total. The van der Waals surface area contributed by atoms with E-state index in [9.17, 15) is 9.59 Å². The normalized spacial score (nSPS) is 10.7. The fourth-order valence-electron chi connectivity index (χ4n) is 2.62. The van der Waals surface area contributed by atoms with Gasteiger partial charge in [0, 0.05) is 17.3 Å². The highest BCUT2D eigenvalue weighted by molar-refractivity contribution is 7.99. The molecule has 3 aromatic rings. The van der Waals surface area contributed by atoms with E-state index in [1.165, 1.54) is 16.3 Å². The number of aromatic nitrogens is 2. The number of nitrogens with one attached hydrogen (secondary N) is 1.